The van der Waals surface area contributed by atoms with E-state index in [0.717, 1.165) is 17.8 Å². The van der Waals surface area contributed by atoms with Gasteiger partial charge in [0, 0.05) is 17.8 Å². The molecular formula is C16H12N4. The van der Waals surface area contributed by atoms with Gasteiger partial charge in [-0.1, -0.05) is 12.1 Å². The topological polar surface area (TPSA) is 54.0 Å². The Kier molecular flexibility index (Phi) is 2.33. The summed E-state index contributed by atoms with van der Waals surface area (Å²) in [7, 11) is 0. The first-order chi connectivity index (χ1) is 9.85. The van der Waals surface area contributed by atoms with Crippen LogP contribution in [0.2, 0.25) is 0 Å². The predicted molar refractivity (Wildman–Crippen MR) is 75.2 cm³/mol. The zero-order valence-corrected chi connectivity index (χ0v) is 10.9. The fourth-order valence-electron chi connectivity index (χ4n) is 2.87. The van der Waals surface area contributed by atoms with Crippen molar-refractivity contribution in [1.29, 1.82) is 5.26 Å². The second-order valence-corrected chi connectivity index (χ2v) is 5.12. The molecule has 20 heavy (non-hydrogen) atoms. The highest BCUT2D eigenvalue weighted by atomic mass is 15.2. The van der Waals surface area contributed by atoms with E-state index >= 15 is 0 Å². The van der Waals surface area contributed by atoms with Crippen molar-refractivity contribution in [3.63, 3.8) is 0 Å². The molecule has 0 unspecified atom stereocenters. The molecule has 0 saturated carbocycles. The van der Waals surface area contributed by atoms with Crippen molar-refractivity contribution in [2.24, 2.45) is 0 Å². The minimum Gasteiger partial charge on any atom is -0.282 e. The second kappa shape index (κ2) is 4.17. The Morgan fingerprint density at radius 2 is 1.95 bits per heavy atom. The molecule has 2 aromatic heterocycles. The summed E-state index contributed by atoms with van der Waals surface area (Å²) in [4.78, 5) is 0. The molecule has 3 aromatic rings. The number of nitriles is 1. The lowest BCUT2D eigenvalue weighted by molar-refractivity contribution is 0.912. The molecule has 1 aliphatic rings. The average molecular weight is 260 g/mol. The molecule has 0 bridgehead atoms. The Bertz CT molecular complexity index is 855. The number of nitrogens with zero attached hydrogens (tertiary/aromatic N) is 4. The van der Waals surface area contributed by atoms with Gasteiger partial charge < -0.3 is 0 Å². The van der Waals surface area contributed by atoms with Gasteiger partial charge in [0.2, 0.25) is 0 Å². The van der Waals surface area contributed by atoms with Crippen LogP contribution in [0.5, 0.6) is 0 Å². The minimum atomic E-state index is 0.602. The molecule has 1 aliphatic carbocycles. The molecule has 0 amide bonds. The highest BCUT2D eigenvalue weighted by Crippen LogP contribution is 2.27. The summed E-state index contributed by atoms with van der Waals surface area (Å²) >= 11 is 0. The first kappa shape index (κ1) is 11.2. The van der Waals surface area contributed by atoms with E-state index < -0.39 is 0 Å². The van der Waals surface area contributed by atoms with Crippen LogP contribution in [-0.2, 0) is 12.8 Å². The van der Waals surface area contributed by atoms with Gasteiger partial charge in [0.25, 0.3) is 0 Å². The molecule has 0 atom stereocenters. The van der Waals surface area contributed by atoms with Gasteiger partial charge >= 0.3 is 0 Å². The number of aromatic nitrogens is 3. The molecule has 4 heteroatoms. The average Bonchev–Trinajstić information content (AvgIpc) is 3.11. The summed E-state index contributed by atoms with van der Waals surface area (Å²) < 4.78 is 1.93. The van der Waals surface area contributed by atoms with Crippen LogP contribution in [0.1, 0.15) is 23.1 Å². The molecule has 0 aliphatic heterocycles. The molecule has 4 rings (SSSR count). The lowest BCUT2D eigenvalue weighted by atomic mass is 10.1. The van der Waals surface area contributed by atoms with E-state index in [9.17, 15) is 0 Å². The first-order valence-electron chi connectivity index (χ1n) is 6.72. The van der Waals surface area contributed by atoms with Gasteiger partial charge in [-0.25, -0.2) is 0 Å². The number of fused-ring (bicyclic) bond motifs is 2. The molecule has 2 heterocycles. The number of hydrogen-bond donors (Lipinski definition) is 0. The van der Waals surface area contributed by atoms with Crippen LogP contribution in [0.3, 0.4) is 0 Å². The van der Waals surface area contributed by atoms with Crippen LogP contribution < -0.4 is 0 Å². The SMILES string of the molecule is N#Cc1ccn2c(-c3ccc4c(c3)CCC4)nnc2c1. The van der Waals surface area contributed by atoms with E-state index in [2.05, 4.69) is 34.5 Å². The molecule has 1 aromatic carbocycles. The van der Waals surface area contributed by atoms with Crippen LogP contribution in [-0.4, -0.2) is 14.6 Å². The van der Waals surface area contributed by atoms with Crippen molar-refractivity contribution in [1.82, 2.24) is 14.6 Å². The van der Waals surface area contributed by atoms with E-state index in [1.54, 1.807) is 12.1 Å². The van der Waals surface area contributed by atoms with E-state index in [1.807, 2.05) is 10.6 Å². The molecule has 0 N–H and O–H groups in total. The Morgan fingerprint density at radius 1 is 1.05 bits per heavy atom. The van der Waals surface area contributed by atoms with Crippen molar-refractivity contribution in [3.05, 3.63) is 53.2 Å². The van der Waals surface area contributed by atoms with Gasteiger partial charge in [0.05, 0.1) is 11.6 Å². The summed E-state index contributed by atoms with van der Waals surface area (Å²) in [6.45, 7) is 0. The monoisotopic (exact) mass is 260 g/mol. The smallest absolute Gasteiger partial charge is 0.168 e. The molecule has 0 fully saturated rings. The number of benzene rings is 1. The van der Waals surface area contributed by atoms with E-state index in [0.29, 0.717) is 11.2 Å². The number of pyridine rings is 1. The Morgan fingerprint density at radius 3 is 2.85 bits per heavy atom. The van der Waals surface area contributed by atoms with Crippen LogP contribution in [0.4, 0.5) is 0 Å². The normalized spacial score (nSPS) is 13.3. The third kappa shape index (κ3) is 1.60. The Balaban J connectivity index is 1.88. The lowest BCUT2D eigenvalue weighted by Gasteiger charge is -2.03. The summed E-state index contributed by atoms with van der Waals surface area (Å²) in [6.07, 6.45) is 5.43. The number of rotatable bonds is 1. The first-order valence-corrected chi connectivity index (χ1v) is 6.72. The van der Waals surface area contributed by atoms with Gasteiger partial charge in [-0.15, -0.1) is 10.2 Å². The fraction of sp³-hybridized carbons (Fsp3) is 0.188. The van der Waals surface area contributed by atoms with Gasteiger partial charge in [-0.2, -0.15) is 5.26 Å². The van der Waals surface area contributed by atoms with Gasteiger partial charge in [0.1, 0.15) is 0 Å². The summed E-state index contributed by atoms with van der Waals surface area (Å²) in [5.74, 6) is 0.833. The number of aryl methyl sites for hydroxylation is 2. The van der Waals surface area contributed by atoms with E-state index in [-0.39, 0.29) is 0 Å². The predicted octanol–water partition coefficient (Wildman–Crippen LogP) is 2.76. The Labute approximate surface area is 116 Å². The van der Waals surface area contributed by atoms with E-state index in [4.69, 9.17) is 5.26 Å². The highest BCUT2D eigenvalue weighted by Gasteiger charge is 2.14. The number of hydrogen-bond acceptors (Lipinski definition) is 3. The van der Waals surface area contributed by atoms with Crippen molar-refractivity contribution >= 4 is 5.65 Å². The highest BCUT2D eigenvalue weighted by molar-refractivity contribution is 5.62. The van der Waals surface area contributed by atoms with E-state index in [1.165, 1.54) is 24.0 Å². The standard InChI is InChI=1S/C16H12N4/c17-10-11-6-7-20-15(8-11)18-19-16(20)14-5-4-12-2-1-3-13(12)9-14/h4-9H,1-3H2. The van der Waals surface area contributed by atoms with Gasteiger partial charge in [-0.3, -0.25) is 4.40 Å². The van der Waals surface area contributed by atoms with Crippen LogP contribution >= 0.6 is 0 Å². The minimum absolute atomic E-state index is 0.602. The summed E-state index contributed by atoms with van der Waals surface area (Å²) in [6, 6.07) is 12.2. The largest absolute Gasteiger partial charge is 0.282 e. The quantitative estimate of drug-likeness (QED) is 0.676. The molecular weight excluding hydrogens is 248 g/mol. The second-order valence-electron chi connectivity index (χ2n) is 5.12. The maximum atomic E-state index is 8.92. The van der Waals surface area contributed by atoms with Crippen molar-refractivity contribution in [2.75, 3.05) is 0 Å². The maximum absolute atomic E-state index is 8.92. The molecule has 0 saturated heterocycles. The van der Waals surface area contributed by atoms with Crippen molar-refractivity contribution in [2.45, 2.75) is 19.3 Å². The third-order valence-corrected chi connectivity index (χ3v) is 3.90. The summed E-state index contributed by atoms with van der Waals surface area (Å²) in [5.41, 5.74) is 5.27. The zero-order valence-electron chi connectivity index (χ0n) is 10.9. The van der Waals surface area contributed by atoms with Gasteiger partial charge in [0.15, 0.2) is 11.5 Å². The zero-order chi connectivity index (χ0) is 13.5. The molecule has 0 spiro atoms. The fourth-order valence-corrected chi connectivity index (χ4v) is 2.87. The van der Waals surface area contributed by atoms with Crippen molar-refractivity contribution in [3.8, 4) is 17.5 Å². The maximum Gasteiger partial charge on any atom is 0.168 e. The van der Waals surface area contributed by atoms with Crippen LogP contribution in [0.15, 0.2) is 36.5 Å². The molecule has 4 nitrogen and oxygen atoms in total. The lowest BCUT2D eigenvalue weighted by Crippen LogP contribution is -1.91. The molecule has 96 valence electrons. The van der Waals surface area contributed by atoms with Crippen LogP contribution in [0, 0.1) is 11.3 Å². The van der Waals surface area contributed by atoms with Crippen molar-refractivity contribution < 1.29 is 0 Å². The summed E-state index contributed by atoms with van der Waals surface area (Å²) in [5, 5.41) is 17.3. The molecule has 0 radical (unpaired) electrons. The van der Waals surface area contributed by atoms with Gasteiger partial charge in [-0.05, 0) is 42.5 Å². The van der Waals surface area contributed by atoms with Crippen LogP contribution in [0.25, 0.3) is 17.0 Å². The third-order valence-electron chi connectivity index (χ3n) is 3.90. The Hall–Kier alpha value is -2.67.